The standard InChI is InChI=1S/C12H17N3O5S/c16-5-8-6-20-4-3-15(8)12(19)13-2-1-10-14-9(7-21-10)11(17)18/h7-8,16H,1-6H2,(H,13,19)(H,17,18). The lowest BCUT2D eigenvalue weighted by Crippen LogP contribution is -2.54. The highest BCUT2D eigenvalue weighted by molar-refractivity contribution is 7.09. The molecule has 0 saturated carbocycles. The number of carbonyl (C=O) groups excluding carboxylic acids is 1. The van der Waals surface area contributed by atoms with Gasteiger partial charge in [-0.3, -0.25) is 0 Å². The molecule has 1 saturated heterocycles. The van der Waals surface area contributed by atoms with Crippen molar-refractivity contribution in [3.05, 3.63) is 16.1 Å². The number of aliphatic hydroxyl groups excluding tert-OH is 1. The summed E-state index contributed by atoms with van der Waals surface area (Å²) >= 11 is 1.25. The molecule has 2 rings (SSSR count). The minimum absolute atomic E-state index is 0.0230. The number of hydrogen-bond donors (Lipinski definition) is 3. The van der Waals surface area contributed by atoms with Crippen LogP contribution in [-0.4, -0.2) is 71.0 Å². The quantitative estimate of drug-likeness (QED) is 0.693. The number of ether oxygens (including phenoxy) is 1. The van der Waals surface area contributed by atoms with Gasteiger partial charge in [0.2, 0.25) is 0 Å². The number of morpholine rings is 1. The number of nitrogens with one attached hydrogen (secondary N) is 1. The fraction of sp³-hybridized carbons (Fsp3) is 0.583. The maximum Gasteiger partial charge on any atom is 0.355 e. The van der Waals surface area contributed by atoms with Crippen LogP contribution in [0.5, 0.6) is 0 Å². The second-order valence-electron chi connectivity index (χ2n) is 4.52. The van der Waals surface area contributed by atoms with Gasteiger partial charge >= 0.3 is 12.0 Å². The van der Waals surface area contributed by atoms with Crippen LogP contribution in [0.4, 0.5) is 4.79 Å². The highest BCUT2D eigenvalue weighted by Crippen LogP contribution is 2.10. The van der Waals surface area contributed by atoms with Gasteiger partial charge in [-0.2, -0.15) is 0 Å². The van der Waals surface area contributed by atoms with Crippen molar-refractivity contribution in [1.82, 2.24) is 15.2 Å². The number of amides is 2. The normalized spacial score (nSPS) is 18.5. The van der Waals surface area contributed by atoms with Crippen molar-refractivity contribution in [2.45, 2.75) is 12.5 Å². The minimum atomic E-state index is -1.05. The number of carbonyl (C=O) groups is 2. The van der Waals surface area contributed by atoms with Crippen LogP contribution in [0.1, 0.15) is 15.5 Å². The van der Waals surface area contributed by atoms with Crippen molar-refractivity contribution in [2.24, 2.45) is 0 Å². The Balaban J connectivity index is 1.79. The molecule has 2 heterocycles. The Morgan fingerprint density at radius 2 is 2.38 bits per heavy atom. The lowest BCUT2D eigenvalue weighted by atomic mass is 10.2. The number of urea groups is 1. The largest absolute Gasteiger partial charge is 0.476 e. The van der Waals surface area contributed by atoms with E-state index in [4.69, 9.17) is 9.84 Å². The molecule has 1 unspecified atom stereocenters. The molecule has 116 valence electrons. The van der Waals surface area contributed by atoms with E-state index in [1.54, 1.807) is 4.90 Å². The Kier molecular flexibility index (Phi) is 5.48. The molecule has 0 spiro atoms. The van der Waals surface area contributed by atoms with Crippen LogP contribution in [0, 0.1) is 0 Å². The van der Waals surface area contributed by atoms with E-state index in [0.717, 1.165) is 0 Å². The third-order valence-electron chi connectivity index (χ3n) is 3.09. The van der Waals surface area contributed by atoms with Crippen molar-refractivity contribution in [3.63, 3.8) is 0 Å². The lowest BCUT2D eigenvalue weighted by molar-refractivity contribution is -0.00754. The topological polar surface area (TPSA) is 112 Å². The first-order valence-corrected chi connectivity index (χ1v) is 7.40. The van der Waals surface area contributed by atoms with E-state index >= 15 is 0 Å². The molecule has 21 heavy (non-hydrogen) atoms. The summed E-state index contributed by atoms with van der Waals surface area (Å²) in [6.45, 7) is 1.46. The number of aromatic carboxylic acids is 1. The summed E-state index contributed by atoms with van der Waals surface area (Å²) in [4.78, 5) is 28.2. The zero-order chi connectivity index (χ0) is 15.2. The Labute approximate surface area is 125 Å². The SMILES string of the molecule is O=C(O)c1csc(CCNC(=O)N2CCOCC2CO)n1. The van der Waals surface area contributed by atoms with Gasteiger partial charge in [-0.15, -0.1) is 11.3 Å². The molecule has 2 amide bonds. The molecule has 1 fully saturated rings. The number of carboxylic acids is 1. The third-order valence-corrected chi connectivity index (χ3v) is 3.99. The summed E-state index contributed by atoms with van der Waals surface area (Å²) < 4.78 is 5.21. The summed E-state index contributed by atoms with van der Waals surface area (Å²) in [5, 5.41) is 22.9. The monoisotopic (exact) mass is 315 g/mol. The van der Waals surface area contributed by atoms with Gasteiger partial charge in [-0.1, -0.05) is 0 Å². The molecule has 0 aliphatic carbocycles. The summed E-state index contributed by atoms with van der Waals surface area (Å²) in [5.74, 6) is -1.05. The molecule has 1 aromatic rings. The second-order valence-corrected chi connectivity index (χ2v) is 5.46. The summed E-state index contributed by atoms with van der Waals surface area (Å²) in [6, 6.07) is -0.579. The highest BCUT2D eigenvalue weighted by atomic mass is 32.1. The number of rotatable bonds is 5. The zero-order valence-electron chi connectivity index (χ0n) is 11.3. The highest BCUT2D eigenvalue weighted by Gasteiger charge is 2.26. The molecule has 1 aromatic heterocycles. The van der Waals surface area contributed by atoms with Crippen LogP contribution in [0.15, 0.2) is 5.38 Å². The van der Waals surface area contributed by atoms with Gasteiger partial charge in [0, 0.05) is 24.9 Å². The molecule has 0 radical (unpaired) electrons. The number of carboxylic acid groups (broad SMARTS) is 1. The van der Waals surface area contributed by atoms with E-state index in [1.807, 2.05) is 0 Å². The predicted octanol–water partition coefficient (Wildman–Crippen LogP) is -0.214. The maximum atomic E-state index is 12.0. The van der Waals surface area contributed by atoms with Crippen molar-refractivity contribution >= 4 is 23.3 Å². The first-order chi connectivity index (χ1) is 10.1. The molecule has 0 aromatic carbocycles. The van der Waals surface area contributed by atoms with Gasteiger partial charge in [0.1, 0.15) is 0 Å². The number of nitrogens with zero attached hydrogens (tertiary/aromatic N) is 2. The molecular formula is C12H17N3O5S. The van der Waals surface area contributed by atoms with Crippen LogP contribution in [0.25, 0.3) is 0 Å². The van der Waals surface area contributed by atoms with Gasteiger partial charge in [-0.05, 0) is 0 Å². The van der Waals surface area contributed by atoms with Crippen LogP contribution < -0.4 is 5.32 Å². The van der Waals surface area contributed by atoms with E-state index < -0.39 is 5.97 Å². The Bertz CT molecular complexity index is 507. The number of hydrogen-bond acceptors (Lipinski definition) is 6. The van der Waals surface area contributed by atoms with E-state index in [9.17, 15) is 14.7 Å². The van der Waals surface area contributed by atoms with E-state index in [2.05, 4.69) is 10.3 Å². The Morgan fingerprint density at radius 3 is 3.05 bits per heavy atom. The van der Waals surface area contributed by atoms with Crippen molar-refractivity contribution < 1.29 is 24.5 Å². The number of thiazole rings is 1. The summed E-state index contributed by atoms with van der Waals surface area (Å²) in [6.07, 6.45) is 0.470. The van der Waals surface area contributed by atoms with Gasteiger partial charge in [0.05, 0.1) is 30.9 Å². The van der Waals surface area contributed by atoms with Crippen LogP contribution in [0.2, 0.25) is 0 Å². The molecule has 3 N–H and O–H groups in total. The lowest BCUT2D eigenvalue weighted by Gasteiger charge is -2.34. The average molecular weight is 315 g/mol. The van der Waals surface area contributed by atoms with Crippen LogP contribution >= 0.6 is 11.3 Å². The van der Waals surface area contributed by atoms with Crippen molar-refractivity contribution in [2.75, 3.05) is 32.9 Å². The smallest absolute Gasteiger partial charge is 0.355 e. The van der Waals surface area contributed by atoms with Crippen molar-refractivity contribution in [1.29, 1.82) is 0 Å². The van der Waals surface area contributed by atoms with E-state index in [1.165, 1.54) is 16.7 Å². The van der Waals surface area contributed by atoms with Crippen molar-refractivity contribution in [3.8, 4) is 0 Å². The average Bonchev–Trinajstić information content (AvgIpc) is 2.96. The van der Waals surface area contributed by atoms with Crippen LogP contribution in [0.3, 0.4) is 0 Å². The van der Waals surface area contributed by atoms with Gasteiger partial charge < -0.3 is 25.2 Å². The second kappa shape index (κ2) is 7.34. The molecule has 0 bridgehead atoms. The van der Waals surface area contributed by atoms with E-state index in [0.29, 0.717) is 37.7 Å². The number of aromatic nitrogens is 1. The Hall–Kier alpha value is -1.71. The zero-order valence-corrected chi connectivity index (χ0v) is 12.1. The maximum absolute atomic E-state index is 12.0. The Morgan fingerprint density at radius 1 is 1.57 bits per heavy atom. The fourth-order valence-corrected chi connectivity index (χ4v) is 2.75. The molecule has 1 atom stereocenters. The summed E-state index contributed by atoms with van der Waals surface area (Å²) in [7, 11) is 0. The molecular weight excluding hydrogens is 298 g/mol. The summed E-state index contributed by atoms with van der Waals surface area (Å²) in [5.41, 5.74) is 0.0230. The van der Waals surface area contributed by atoms with Gasteiger partial charge in [0.25, 0.3) is 0 Å². The molecule has 9 heteroatoms. The van der Waals surface area contributed by atoms with Gasteiger partial charge in [0.15, 0.2) is 5.69 Å². The number of aliphatic hydroxyl groups is 1. The minimum Gasteiger partial charge on any atom is -0.476 e. The fourth-order valence-electron chi connectivity index (χ4n) is 1.98. The van der Waals surface area contributed by atoms with Gasteiger partial charge in [-0.25, -0.2) is 14.6 Å². The predicted molar refractivity (Wildman–Crippen MR) is 74.6 cm³/mol. The first kappa shape index (κ1) is 15.7. The third kappa shape index (κ3) is 4.13. The molecule has 1 aliphatic rings. The first-order valence-electron chi connectivity index (χ1n) is 6.52. The van der Waals surface area contributed by atoms with Crippen LogP contribution in [-0.2, 0) is 11.2 Å². The molecule has 8 nitrogen and oxygen atoms in total. The van der Waals surface area contributed by atoms with E-state index in [-0.39, 0.29) is 24.4 Å². The molecule has 1 aliphatic heterocycles.